The van der Waals surface area contributed by atoms with E-state index in [9.17, 15) is 4.79 Å². The molecule has 0 aromatic heterocycles. The standard InChI is InChI=1S/C21H27NO2/c1-4-13-24-20-11-9-18(10-12-20)21(23)22-15-19-14-16(5-2)7-8-17(19)6-3/h7-12,14H,4-6,13,15H2,1-3H3,(H,22,23). The van der Waals surface area contributed by atoms with E-state index >= 15 is 0 Å². The summed E-state index contributed by atoms with van der Waals surface area (Å²) in [5, 5.41) is 3.02. The van der Waals surface area contributed by atoms with Crippen LogP contribution >= 0.6 is 0 Å². The molecule has 24 heavy (non-hydrogen) atoms. The summed E-state index contributed by atoms with van der Waals surface area (Å²) >= 11 is 0. The van der Waals surface area contributed by atoms with Crippen LogP contribution in [0.15, 0.2) is 42.5 Å². The topological polar surface area (TPSA) is 38.3 Å². The fourth-order valence-corrected chi connectivity index (χ4v) is 2.61. The fraction of sp³-hybridized carbons (Fsp3) is 0.381. The Hall–Kier alpha value is -2.29. The van der Waals surface area contributed by atoms with Gasteiger partial charge in [0.05, 0.1) is 6.61 Å². The Kier molecular flexibility index (Phi) is 6.86. The van der Waals surface area contributed by atoms with Crippen molar-refractivity contribution in [2.24, 2.45) is 0 Å². The van der Waals surface area contributed by atoms with Crippen LogP contribution in [0.1, 0.15) is 54.2 Å². The third-order valence-electron chi connectivity index (χ3n) is 4.09. The van der Waals surface area contributed by atoms with Crippen molar-refractivity contribution in [3.8, 4) is 5.75 Å². The van der Waals surface area contributed by atoms with Crippen molar-refractivity contribution in [1.82, 2.24) is 5.32 Å². The Morgan fingerprint density at radius 3 is 2.33 bits per heavy atom. The van der Waals surface area contributed by atoms with Gasteiger partial charge in [-0.2, -0.15) is 0 Å². The van der Waals surface area contributed by atoms with Gasteiger partial charge in [0, 0.05) is 12.1 Å². The van der Waals surface area contributed by atoms with Crippen LogP contribution in [-0.4, -0.2) is 12.5 Å². The first-order chi connectivity index (χ1) is 11.7. The second-order valence-corrected chi connectivity index (χ2v) is 5.87. The second-order valence-electron chi connectivity index (χ2n) is 5.87. The molecule has 1 N–H and O–H groups in total. The van der Waals surface area contributed by atoms with Crippen LogP contribution in [0.5, 0.6) is 5.75 Å². The van der Waals surface area contributed by atoms with Crippen LogP contribution in [0, 0.1) is 0 Å². The van der Waals surface area contributed by atoms with Gasteiger partial charge in [0.1, 0.15) is 5.75 Å². The van der Waals surface area contributed by atoms with Gasteiger partial charge in [-0.05, 0) is 60.2 Å². The average molecular weight is 325 g/mol. The molecule has 0 fully saturated rings. The number of rotatable bonds is 8. The zero-order chi connectivity index (χ0) is 17.4. The first kappa shape index (κ1) is 18.1. The lowest BCUT2D eigenvalue weighted by atomic mass is 10.0. The number of hydrogen-bond donors (Lipinski definition) is 1. The van der Waals surface area contributed by atoms with Gasteiger partial charge in [0.15, 0.2) is 0 Å². The zero-order valence-corrected chi connectivity index (χ0v) is 14.9. The summed E-state index contributed by atoms with van der Waals surface area (Å²) in [6.07, 6.45) is 2.95. The number of nitrogens with one attached hydrogen (secondary N) is 1. The molecule has 0 bridgehead atoms. The van der Waals surface area contributed by atoms with Gasteiger partial charge in [-0.3, -0.25) is 4.79 Å². The number of aryl methyl sites for hydroxylation is 2. The normalized spacial score (nSPS) is 10.5. The molecule has 3 heteroatoms. The molecule has 2 aromatic carbocycles. The van der Waals surface area contributed by atoms with E-state index in [4.69, 9.17) is 4.74 Å². The number of carbonyl (C=O) groups is 1. The lowest BCUT2D eigenvalue weighted by Gasteiger charge is -2.12. The summed E-state index contributed by atoms with van der Waals surface area (Å²) in [4.78, 5) is 12.3. The Bertz CT molecular complexity index is 662. The molecule has 0 aliphatic heterocycles. The molecule has 0 saturated heterocycles. The third-order valence-corrected chi connectivity index (χ3v) is 4.09. The first-order valence-corrected chi connectivity index (χ1v) is 8.79. The van der Waals surface area contributed by atoms with Crippen molar-refractivity contribution in [2.45, 2.75) is 46.6 Å². The number of hydrogen-bond acceptors (Lipinski definition) is 2. The molecule has 0 unspecified atom stereocenters. The van der Waals surface area contributed by atoms with E-state index in [0.29, 0.717) is 18.7 Å². The van der Waals surface area contributed by atoms with Crippen molar-refractivity contribution in [3.05, 3.63) is 64.7 Å². The van der Waals surface area contributed by atoms with Crippen molar-refractivity contribution >= 4 is 5.91 Å². The number of ether oxygens (including phenoxy) is 1. The number of benzene rings is 2. The van der Waals surface area contributed by atoms with Crippen LogP contribution < -0.4 is 10.1 Å². The second kappa shape index (κ2) is 9.11. The molecule has 0 aliphatic carbocycles. The maximum atomic E-state index is 12.3. The summed E-state index contributed by atoms with van der Waals surface area (Å²) in [7, 11) is 0. The van der Waals surface area contributed by atoms with Crippen LogP contribution in [0.3, 0.4) is 0 Å². The molecule has 0 saturated carbocycles. The Labute approximate surface area is 145 Å². The third kappa shape index (κ3) is 4.85. The van der Waals surface area contributed by atoms with E-state index in [0.717, 1.165) is 25.0 Å². The number of carbonyl (C=O) groups excluding carboxylic acids is 1. The van der Waals surface area contributed by atoms with Crippen LogP contribution in [0.2, 0.25) is 0 Å². The molecule has 0 radical (unpaired) electrons. The van der Waals surface area contributed by atoms with Crippen LogP contribution in [-0.2, 0) is 19.4 Å². The molecular formula is C21H27NO2. The van der Waals surface area contributed by atoms with Crippen LogP contribution in [0.4, 0.5) is 0 Å². The Morgan fingerprint density at radius 2 is 1.71 bits per heavy atom. The molecule has 2 rings (SSSR count). The van der Waals surface area contributed by atoms with Crippen molar-refractivity contribution < 1.29 is 9.53 Å². The minimum atomic E-state index is -0.0546. The van der Waals surface area contributed by atoms with E-state index in [-0.39, 0.29) is 5.91 Å². The Balaban J connectivity index is 2.00. The average Bonchev–Trinajstić information content (AvgIpc) is 2.64. The molecule has 1 amide bonds. The SMILES string of the molecule is CCCOc1ccc(C(=O)NCc2cc(CC)ccc2CC)cc1. The predicted octanol–water partition coefficient (Wildman–Crippen LogP) is 4.53. The van der Waals surface area contributed by atoms with E-state index in [1.807, 2.05) is 24.3 Å². The molecule has 2 aromatic rings. The molecule has 0 aliphatic rings. The van der Waals surface area contributed by atoms with Gasteiger partial charge < -0.3 is 10.1 Å². The highest BCUT2D eigenvalue weighted by molar-refractivity contribution is 5.94. The highest BCUT2D eigenvalue weighted by Gasteiger charge is 2.08. The lowest BCUT2D eigenvalue weighted by Crippen LogP contribution is -2.23. The first-order valence-electron chi connectivity index (χ1n) is 8.79. The van der Waals surface area contributed by atoms with Gasteiger partial charge in [-0.25, -0.2) is 0 Å². The van der Waals surface area contributed by atoms with E-state index in [2.05, 4.69) is 44.3 Å². The van der Waals surface area contributed by atoms with Gasteiger partial charge in [0.25, 0.3) is 5.91 Å². The summed E-state index contributed by atoms with van der Waals surface area (Å²) < 4.78 is 5.54. The maximum absolute atomic E-state index is 12.3. The summed E-state index contributed by atoms with van der Waals surface area (Å²) in [5.74, 6) is 0.748. The minimum Gasteiger partial charge on any atom is -0.494 e. The van der Waals surface area contributed by atoms with Crippen molar-refractivity contribution in [2.75, 3.05) is 6.61 Å². The van der Waals surface area contributed by atoms with E-state index in [1.54, 1.807) is 0 Å². The minimum absolute atomic E-state index is 0.0546. The largest absolute Gasteiger partial charge is 0.494 e. The smallest absolute Gasteiger partial charge is 0.251 e. The zero-order valence-electron chi connectivity index (χ0n) is 14.9. The monoisotopic (exact) mass is 325 g/mol. The molecule has 0 heterocycles. The fourth-order valence-electron chi connectivity index (χ4n) is 2.61. The summed E-state index contributed by atoms with van der Waals surface area (Å²) in [5.41, 5.74) is 4.45. The van der Waals surface area contributed by atoms with Gasteiger partial charge in [-0.1, -0.05) is 39.0 Å². The van der Waals surface area contributed by atoms with E-state index in [1.165, 1.54) is 16.7 Å². The van der Waals surface area contributed by atoms with Crippen molar-refractivity contribution in [1.29, 1.82) is 0 Å². The van der Waals surface area contributed by atoms with Gasteiger partial charge in [-0.15, -0.1) is 0 Å². The maximum Gasteiger partial charge on any atom is 0.251 e. The summed E-state index contributed by atoms with van der Waals surface area (Å²) in [6, 6.07) is 13.8. The van der Waals surface area contributed by atoms with Gasteiger partial charge in [0.2, 0.25) is 0 Å². The predicted molar refractivity (Wildman–Crippen MR) is 98.6 cm³/mol. The molecular weight excluding hydrogens is 298 g/mol. The lowest BCUT2D eigenvalue weighted by molar-refractivity contribution is 0.0951. The quantitative estimate of drug-likeness (QED) is 0.774. The number of amides is 1. The summed E-state index contributed by atoms with van der Waals surface area (Å²) in [6.45, 7) is 7.61. The molecule has 0 atom stereocenters. The molecule has 3 nitrogen and oxygen atoms in total. The highest BCUT2D eigenvalue weighted by Crippen LogP contribution is 2.15. The van der Waals surface area contributed by atoms with E-state index < -0.39 is 0 Å². The molecule has 0 spiro atoms. The Morgan fingerprint density at radius 1 is 0.958 bits per heavy atom. The van der Waals surface area contributed by atoms with Gasteiger partial charge >= 0.3 is 0 Å². The molecule has 128 valence electrons. The highest BCUT2D eigenvalue weighted by atomic mass is 16.5. The van der Waals surface area contributed by atoms with Crippen molar-refractivity contribution in [3.63, 3.8) is 0 Å². The van der Waals surface area contributed by atoms with Crippen LogP contribution in [0.25, 0.3) is 0 Å².